The van der Waals surface area contributed by atoms with Crippen molar-refractivity contribution in [2.75, 3.05) is 13.1 Å². The number of aromatic nitrogens is 2. The van der Waals surface area contributed by atoms with Gasteiger partial charge in [-0.25, -0.2) is 9.86 Å². The van der Waals surface area contributed by atoms with Crippen molar-refractivity contribution < 1.29 is 28.8 Å². The summed E-state index contributed by atoms with van der Waals surface area (Å²) in [5.74, 6) is -3.01. The van der Waals surface area contributed by atoms with Crippen LogP contribution < -0.4 is 10.6 Å². The van der Waals surface area contributed by atoms with E-state index in [0.717, 1.165) is 27.2 Å². The molecule has 1 unspecified atom stereocenters. The molecular weight excluding hydrogens is 552 g/mol. The fourth-order valence-electron chi connectivity index (χ4n) is 5.60. The highest BCUT2D eigenvalue weighted by atomic mass is 16.7. The quantitative estimate of drug-likeness (QED) is 0.262. The molecule has 4 aromatic rings. The molecule has 2 fully saturated rings. The highest BCUT2D eigenvalue weighted by Gasteiger charge is 2.64. The molecule has 2 aromatic carbocycles. The molecule has 4 heterocycles. The second kappa shape index (κ2) is 11.1. The van der Waals surface area contributed by atoms with E-state index in [1.54, 1.807) is 42.5 Å². The Labute approximate surface area is 245 Å². The lowest BCUT2D eigenvalue weighted by Gasteiger charge is -2.39. The number of benzene rings is 2. The van der Waals surface area contributed by atoms with Gasteiger partial charge in [-0.1, -0.05) is 36.4 Å². The van der Waals surface area contributed by atoms with Gasteiger partial charge in [0.2, 0.25) is 11.8 Å². The van der Waals surface area contributed by atoms with E-state index < -0.39 is 47.7 Å². The zero-order valence-corrected chi connectivity index (χ0v) is 23.0. The Kier molecular flexibility index (Phi) is 7.12. The summed E-state index contributed by atoms with van der Waals surface area (Å²) in [6.45, 7) is 1.07. The molecule has 0 saturated carbocycles. The molecule has 0 bridgehead atoms. The minimum Gasteiger partial charge on any atom is -0.335 e. The maximum Gasteiger partial charge on any atom is 0.328 e. The highest BCUT2D eigenvalue weighted by Crippen LogP contribution is 2.38. The predicted octanol–water partition coefficient (Wildman–Crippen LogP) is 2.39. The number of imide groups is 2. The monoisotopic (exact) mass is 578 g/mol. The van der Waals surface area contributed by atoms with Gasteiger partial charge in [0.25, 0.3) is 11.8 Å². The molecule has 43 heavy (non-hydrogen) atoms. The van der Waals surface area contributed by atoms with Crippen LogP contribution in [0.3, 0.4) is 0 Å². The number of amides is 6. The summed E-state index contributed by atoms with van der Waals surface area (Å²) in [6.07, 6.45) is 2.88. The Morgan fingerprint density at radius 3 is 2.40 bits per heavy atom. The highest BCUT2D eigenvalue weighted by molar-refractivity contribution is 6.20. The summed E-state index contributed by atoms with van der Waals surface area (Å²) in [5, 5.41) is 6.09. The first-order valence-electron chi connectivity index (χ1n) is 13.5. The van der Waals surface area contributed by atoms with Crippen LogP contribution in [0.2, 0.25) is 0 Å². The van der Waals surface area contributed by atoms with Crippen molar-refractivity contribution in [3.05, 3.63) is 108 Å². The third-order valence-electron chi connectivity index (χ3n) is 7.66. The van der Waals surface area contributed by atoms with Gasteiger partial charge in [-0.15, -0.1) is 0 Å². The maximum atomic E-state index is 14.1. The number of aryl methyl sites for hydroxylation is 1. The molecule has 0 aliphatic carbocycles. The number of pyridine rings is 2. The van der Waals surface area contributed by atoms with Crippen LogP contribution in [0.15, 0.2) is 85.2 Å². The number of fused-ring (bicyclic) bond motifs is 1. The van der Waals surface area contributed by atoms with Gasteiger partial charge < -0.3 is 4.90 Å². The van der Waals surface area contributed by atoms with E-state index >= 15 is 0 Å². The van der Waals surface area contributed by atoms with Gasteiger partial charge in [0.15, 0.2) is 5.41 Å². The smallest absolute Gasteiger partial charge is 0.328 e. The van der Waals surface area contributed by atoms with Crippen LogP contribution in [0.25, 0.3) is 10.9 Å². The number of hydrogen-bond acceptors (Lipinski definition) is 8. The summed E-state index contributed by atoms with van der Waals surface area (Å²) >= 11 is 0. The molecule has 6 amide bonds. The minimum absolute atomic E-state index is 0.117. The van der Waals surface area contributed by atoms with E-state index in [0.29, 0.717) is 0 Å². The number of barbiturate groups is 1. The standard InChI is InChI=1S/C31H26N6O6/c1-19-14-22(23-11-5-6-12-24(23)33-19)17-43-37(27(39)20-8-3-2-4-9-20)25-16-36(26(38)21-10-7-13-32-15-21)18-31(25)28(40)34-30(42)35-29(31)41/h2-15,25H,16-18H2,1H3,(H2,34,35,40,41,42). The van der Waals surface area contributed by atoms with Crippen molar-refractivity contribution in [1.82, 2.24) is 30.6 Å². The van der Waals surface area contributed by atoms with E-state index in [9.17, 15) is 24.0 Å². The van der Waals surface area contributed by atoms with Crippen LogP contribution in [0.5, 0.6) is 0 Å². The molecule has 0 radical (unpaired) electrons. The average Bonchev–Trinajstić information content (AvgIpc) is 3.42. The summed E-state index contributed by atoms with van der Waals surface area (Å²) in [7, 11) is 0. The van der Waals surface area contributed by atoms with Crippen LogP contribution in [0, 0.1) is 12.3 Å². The number of urea groups is 1. The number of rotatable bonds is 6. The zero-order valence-electron chi connectivity index (χ0n) is 23.0. The number of nitrogens with zero attached hydrogens (tertiary/aromatic N) is 4. The van der Waals surface area contributed by atoms with Crippen LogP contribution in [0.1, 0.15) is 32.0 Å². The van der Waals surface area contributed by atoms with E-state index in [4.69, 9.17) is 4.84 Å². The van der Waals surface area contributed by atoms with Gasteiger partial charge in [-0.3, -0.25) is 44.6 Å². The van der Waals surface area contributed by atoms with Crippen molar-refractivity contribution in [3.63, 3.8) is 0 Å². The maximum absolute atomic E-state index is 14.1. The normalized spacial score (nSPS) is 17.6. The summed E-state index contributed by atoms with van der Waals surface area (Å²) in [5.41, 5.74) is 0.596. The number of likely N-dealkylation sites (tertiary alicyclic amines) is 1. The van der Waals surface area contributed by atoms with Crippen molar-refractivity contribution in [1.29, 1.82) is 0 Å². The van der Waals surface area contributed by atoms with E-state index in [-0.39, 0.29) is 24.3 Å². The fraction of sp³-hybridized carbons (Fsp3) is 0.194. The molecule has 216 valence electrons. The lowest BCUT2D eigenvalue weighted by molar-refractivity contribution is -0.182. The fourth-order valence-corrected chi connectivity index (χ4v) is 5.60. The Balaban J connectivity index is 1.43. The second-order valence-electron chi connectivity index (χ2n) is 10.4. The Hall–Kier alpha value is -5.49. The van der Waals surface area contributed by atoms with Gasteiger partial charge in [0.05, 0.1) is 11.1 Å². The Bertz CT molecular complexity index is 1740. The van der Waals surface area contributed by atoms with Crippen LogP contribution >= 0.6 is 0 Å². The van der Waals surface area contributed by atoms with Crippen LogP contribution in [0.4, 0.5) is 4.79 Å². The van der Waals surface area contributed by atoms with Gasteiger partial charge in [-0.2, -0.15) is 0 Å². The second-order valence-corrected chi connectivity index (χ2v) is 10.4. The first-order chi connectivity index (χ1) is 20.8. The number of hydrogen-bond donors (Lipinski definition) is 2. The SMILES string of the molecule is Cc1cc(CON(C(=O)c2ccccc2)C2CN(C(=O)c3cccnc3)CC23C(=O)NC(=O)NC3=O)c2ccccc2n1. The molecule has 1 atom stereocenters. The lowest BCUT2D eigenvalue weighted by Crippen LogP contribution is -2.69. The van der Waals surface area contributed by atoms with Crippen LogP contribution in [-0.4, -0.2) is 68.7 Å². The summed E-state index contributed by atoms with van der Waals surface area (Å²) in [4.78, 5) is 82.9. The number of carbonyl (C=O) groups excluding carboxylic acids is 5. The molecular formula is C31H26N6O6. The van der Waals surface area contributed by atoms with Gasteiger partial charge in [0.1, 0.15) is 12.6 Å². The molecule has 2 aromatic heterocycles. The number of carbonyl (C=O) groups is 5. The van der Waals surface area contributed by atoms with E-state index in [1.165, 1.54) is 17.3 Å². The molecule has 2 aliphatic rings. The minimum atomic E-state index is -2.05. The Morgan fingerprint density at radius 2 is 1.67 bits per heavy atom. The largest absolute Gasteiger partial charge is 0.335 e. The molecule has 12 nitrogen and oxygen atoms in total. The van der Waals surface area contributed by atoms with Crippen molar-refractivity contribution in [3.8, 4) is 0 Å². The zero-order chi connectivity index (χ0) is 30.1. The number of para-hydroxylation sites is 1. The van der Waals surface area contributed by atoms with Crippen molar-refractivity contribution in [2.45, 2.75) is 19.6 Å². The molecule has 6 rings (SSSR count). The molecule has 2 saturated heterocycles. The lowest BCUT2D eigenvalue weighted by atomic mass is 9.79. The van der Waals surface area contributed by atoms with Crippen molar-refractivity contribution >= 4 is 40.6 Å². The third kappa shape index (κ3) is 4.97. The van der Waals surface area contributed by atoms with E-state index in [2.05, 4.69) is 20.6 Å². The van der Waals surface area contributed by atoms with Gasteiger partial charge in [0, 0.05) is 42.1 Å². The van der Waals surface area contributed by atoms with Gasteiger partial charge in [-0.05, 0) is 48.9 Å². The first kappa shape index (κ1) is 27.7. The summed E-state index contributed by atoms with van der Waals surface area (Å²) in [6, 6.07) is 18.4. The van der Waals surface area contributed by atoms with E-state index in [1.807, 2.05) is 37.3 Å². The molecule has 1 spiro atoms. The average molecular weight is 579 g/mol. The third-order valence-corrected chi connectivity index (χ3v) is 7.66. The Morgan fingerprint density at radius 1 is 0.977 bits per heavy atom. The van der Waals surface area contributed by atoms with Crippen molar-refractivity contribution in [2.24, 2.45) is 5.41 Å². The summed E-state index contributed by atoms with van der Waals surface area (Å²) < 4.78 is 0. The van der Waals surface area contributed by atoms with Gasteiger partial charge >= 0.3 is 6.03 Å². The number of hydroxylamine groups is 2. The number of nitrogens with one attached hydrogen (secondary N) is 2. The molecule has 12 heteroatoms. The topological polar surface area (TPSA) is 151 Å². The first-order valence-corrected chi connectivity index (χ1v) is 13.5. The predicted molar refractivity (Wildman–Crippen MR) is 152 cm³/mol. The van der Waals surface area contributed by atoms with Crippen LogP contribution in [-0.2, 0) is 21.0 Å². The molecule has 2 aliphatic heterocycles. The molecule has 2 N–H and O–H groups in total.